The number of aryl methyl sites for hydroxylation is 2. The number of hydrogen-bond acceptors (Lipinski definition) is 0. The van der Waals surface area contributed by atoms with Gasteiger partial charge >= 0.3 is 0 Å². The molecule has 1 aromatic rings. The van der Waals surface area contributed by atoms with Crippen molar-refractivity contribution in [3.63, 3.8) is 0 Å². The van der Waals surface area contributed by atoms with Crippen molar-refractivity contribution in [2.45, 2.75) is 52.4 Å². The molecule has 0 aliphatic heterocycles. The summed E-state index contributed by atoms with van der Waals surface area (Å²) in [6, 6.07) is 4.78. The molecule has 1 heteroatoms. The molecule has 3 rings (SSSR count). The number of fused-ring (bicyclic) bond motifs is 3. The van der Waals surface area contributed by atoms with E-state index in [0.29, 0.717) is 0 Å². The first kappa shape index (κ1) is 13.4. The minimum Gasteiger partial charge on any atom is -0.182 e. The second-order valence-corrected chi connectivity index (χ2v) is 5.79. The average Bonchev–Trinajstić information content (AvgIpc) is 2.82. The Morgan fingerprint density at radius 3 is 2.65 bits per heavy atom. The Labute approximate surface area is 124 Å². The van der Waals surface area contributed by atoms with E-state index < -0.39 is 0 Å². The minimum atomic E-state index is 0. The molecule has 0 N–H and O–H groups in total. The van der Waals surface area contributed by atoms with Crippen LogP contribution in [0.15, 0.2) is 12.1 Å². The Morgan fingerprint density at radius 1 is 1.12 bits per heavy atom. The van der Waals surface area contributed by atoms with Crippen molar-refractivity contribution in [2.75, 3.05) is 0 Å². The van der Waals surface area contributed by atoms with E-state index in [2.05, 4.69) is 26.0 Å². The summed E-state index contributed by atoms with van der Waals surface area (Å²) in [5, 5.41) is 0. The van der Waals surface area contributed by atoms with Crippen molar-refractivity contribution in [3.8, 4) is 0 Å². The van der Waals surface area contributed by atoms with E-state index in [-0.39, 0.29) is 25.8 Å². The van der Waals surface area contributed by atoms with Gasteiger partial charge in [0.05, 0.1) is 0 Å². The normalized spacial score (nSPS) is 17.0. The van der Waals surface area contributed by atoms with E-state index in [4.69, 9.17) is 0 Å². The third-order valence-corrected chi connectivity index (χ3v) is 4.07. The van der Waals surface area contributed by atoms with E-state index in [1.54, 1.807) is 28.2 Å². The maximum Gasteiger partial charge on any atom is 0 e. The van der Waals surface area contributed by atoms with E-state index in [1.165, 1.54) is 38.5 Å². The van der Waals surface area contributed by atoms with Crippen molar-refractivity contribution >= 4 is 0 Å². The van der Waals surface area contributed by atoms with Crippen LogP contribution in [0.5, 0.6) is 0 Å². The quantitative estimate of drug-likeness (QED) is 0.526. The van der Waals surface area contributed by atoms with Crippen LogP contribution < -0.4 is 0 Å². The van der Waals surface area contributed by atoms with Crippen LogP contribution in [0, 0.1) is 11.8 Å². The van der Waals surface area contributed by atoms with Gasteiger partial charge in [0.15, 0.2) is 0 Å². The van der Waals surface area contributed by atoms with Crippen molar-refractivity contribution in [3.05, 3.63) is 40.3 Å². The Kier molecular flexibility index (Phi) is 4.18. The van der Waals surface area contributed by atoms with Gasteiger partial charge in [0.25, 0.3) is 0 Å². The summed E-state index contributed by atoms with van der Waals surface area (Å²) >= 11 is 0. The summed E-state index contributed by atoms with van der Waals surface area (Å²) in [4.78, 5) is 0. The van der Waals surface area contributed by atoms with Crippen molar-refractivity contribution < 1.29 is 25.8 Å². The maximum absolute atomic E-state index is 2.40. The summed E-state index contributed by atoms with van der Waals surface area (Å²) in [5.41, 5.74) is 6.69. The molecule has 0 saturated heterocycles. The topological polar surface area (TPSA) is 0 Å². The molecule has 0 saturated carbocycles. The van der Waals surface area contributed by atoms with Crippen molar-refractivity contribution in [1.29, 1.82) is 0 Å². The summed E-state index contributed by atoms with van der Waals surface area (Å²) in [6.45, 7) is 4.68. The zero-order chi connectivity index (χ0) is 11.1. The van der Waals surface area contributed by atoms with Crippen LogP contribution in [0.3, 0.4) is 0 Å². The largest absolute Gasteiger partial charge is 0.182 e. The Balaban J connectivity index is 0.00000108. The number of rotatable bonds is 2. The molecule has 0 spiro atoms. The summed E-state index contributed by atoms with van der Waals surface area (Å²) in [7, 11) is 0. The molecule has 2 aliphatic carbocycles. The third-order valence-electron chi connectivity index (χ3n) is 4.07. The van der Waals surface area contributed by atoms with Gasteiger partial charge in [-0.05, 0) is 6.42 Å². The Bertz CT molecular complexity index is 406. The first-order valence-corrected chi connectivity index (χ1v) is 6.74. The van der Waals surface area contributed by atoms with Crippen molar-refractivity contribution in [1.82, 2.24) is 0 Å². The number of benzene rings is 1. The zero-order valence-electron chi connectivity index (χ0n) is 11.0. The molecule has 0 nitrogen and oxygen atoms in total. The van der Waals surface area contributed by atoms with E-state index in [0.717, 1.165) is 5.92 Å². The van der Waals surface area contributed by atoms with Gasteiger partial charge in [0.2, 0.25) is 0 Å². The first-order chi connectivity index (χ1) is 7.75. The van der Waals surface area contributed by atoms with Crippen LogP contribution >= 0.6 is 0 Å². The van der Waals surface area contributed by atoms with E-state index in [9.17, 15) is 0 Å². The van der Waals surface area contributed by atoms with Crippen LogP contribution in [0.4, 0.5) is 0 Å². The first-order valence-electron chi connectivity index (χ1n) is 6.74. The van der Waals surface area contributed by atoms with Crippen LogP contribution in [0.1, 0.15) is 55.4 Å². The van der Waals surface area contributed by atoms with Crippen LogP contribution in [0.2, 0.25) is 0 Å². The predicted octanol–water partition coefficient (Wildman–Crippen LogP) is 4.09. The van der Waals surface area contributed by atoms with Gasteiger partial charge in [0, 0.05) is 25.8 Å². The summed E-state index contributed by atoms with van der Waals surface area (Å²) < 4.78 is 0. The maximum atomic E-state index is 2.40. The molecule has 0 unspecified atom stereocenters. The molecule has 0 amide bonds. The standard InChI is InChI=1S/C16H21.Hf/c1-11(2)10-14-9-8-13-7-6-12-4-3-5-15(12)16(13)14;/h6-7,11H,3-5,8-10H2,1-2H3;/q-1;. The summed E-state index contributed by atoms with van der Waals surface area (Å²) in [5.74, 6) is 2.56. The molecule has 0 atom stereocenters. The second kappa shape index (κ2) is 5.30. The average molecular weight is 392 g/mol. The fourth-order valence-electron chi connectivity index (χ4n) is 3.47. The molecule has 0 fully saturated rings. The molecular formula is C16H21Hf-. The molecule has 2 aliphatic rings. The van der Waals surface area contributed by atoms with Crippen LogP contribution in [0.25, 0.3) is 0 Å². The number of hydrogen-bond donors (Lipinski definition) is 0. The van der Waals surface area contributed by atoms with Crippen LogP contribution in [-0.4, -0.2) is 0 Å². The van der Waals surface area contributed by atoms with Crippen molar-refractivity contribution in [2.24, 2.45) is 5.92 Å². The third kappa shape index (κ3) is 2.41. The summed E-state index contributed by atoms with van der Waals surface area (Å²) in [6.07, 6.45) is 7.95. The molecular weight excluding hydrogens is 371 g/mol. The molecule has 0 bridgehead atoms. The smallest absolute Gasteiger partial charge is 0 e. The van der Waals surface area contributed by atoms with Gasteiger partial charge < -0.3 is 0 Å². The predicted molar refractivity (Wildman–Crippen MR) is 68.6 cm³/mol. The molecule has 0 aromatic heterocycles. The Morgan fingerprint density at radius 2 is 1.88 bits per heavy atom. The zero-order valence-corrected chi connectivity index (χ0v) is 14.6. The van der Waals surface area contributed by atoms with Gasteiger partial charge in [-0.15, -0.1) is 22.8 Å². The van der Waals surface area contributed by atoms with Gasteiger partial charge in [-0.25, -0.2) is 0 Å². The molecule has 0 radical (unpaired) electrons. The van der Waals surface area contributed by atoms with Gasteiger partial charge in [0.1, 0.15) is 0 Å². The van der Waals surface area contributed by atoms with Gasteiger partial charge in [-0.2, -0.15) is 11.5 Å². The second-order valence-electron chi connectivity index (χ2n) is 5.79. The SMILES string of the molecule is CC(C)C[C-]1CCc2ccc3c(c21)CCC3.[Hf]. The van der Waals surface area contributed by atoms with Crippen LogP contribution in [-0.2, 0) is 45.1 Å². The molecule has 1 aromatic carbocycles. The van der Waals surface area contributed by atoms with E-state index >= 15 is 0 Å². The monoisotopic (exact) mass is 393 g/mol. The van der Waals surface area contributed by atoms with Gasteiger partial charge in [-0.1, -0.05) is 57.9 Å². The molecule has 17 heavy (non-hydrogen) atoms. The minimum absolute atomic E-state index is 0. The van der Waals surface area contributed by atoms with Gasteiger partial charge in [-0.3, -0.25) is 0 Å². The Hall–Kier alpha value is -0.0399. The fourth-order valence-corrected chi connectivity index (χ4v) is 3.47. The van der Waals surface area contributed by atoms with E-state index in [1.807, 2.05) is 0 Å². The fraction of sp³-hybridized carbons (Fsp3) is 0.562. The molecule has 90 valence electrons. The molecule has 0 heterocycles.